The molecule has 0 unspecified atom stereocenters. The molecule has 1 aromatic carbocycles. The Morgan fingerprint density at radius 1 is 1.30 bits per heavy atom. The van der Waals surface area contributed by atoms with E-state index >= 15 is 0 Å². The van der Waals surface area contributed by atoms with Crippen molar-refractivity contribution in [3.05, 3.63) is 44.9 Å². The van der Waals surface area contributed by atoms with Gasteiger partial charge >= 0.3 is 0 Å². The second kappa shape index (κ2) is 6.51. The number of hydrogen-bond donors (Lipinski definition) is 0. The van der Waals surface area contributed by atoms with Gasteiger partial charge < -0.3 is 9.47 Å². The Morgan fingerprint density at radius 3 is 2.75 bits per heavy atom. The van der Waals surface area contributed by atoms with Crippen molar-refractivity contribution in [1.29, 1.82) is 5.26 Å². The van der Waals surface area contributed by atoms with Gasteiger partial charge in [-0.15, -0.1) is 11.3 Å². The zero-order valence-electron chi connectivity index (χ0n) is 11.8. The Labute approximate surface area is 122 Å². The molecule has 2 rings (SSSR count). The Morgan fingerprint density at radius 2 is 2.10 bits per heavy atom. The van der Waals surface area contributed by atoms with Gasteiger partial charge in [0.25, 0.3) is 0 Å². The largest absolute Gasteiger partial charge is 0.486 e. The first-order chi connectivity index (χ1) is 9.63. The van der Waals surface area contributed by atoms with Gasteiger partial charge in [-0.05, 0) is 25.5 Å². The molecule has 0 aliphatic carbocycles. The lowest BCUT2D eigenvalue weighted by atomic mass is 10.1. The number of nitriles is 1. The zero-order valence-corrected chi connectivity index (χ0v) is 12.6. The van der Waals surface area contributed by atoms with Gasteiger partial charge in [0.05, 0.1) is 12.3 Å². The number of methoxy groups -OCH3 is 1. The molecular formula is C15H16N2O2S. The van der Waals surface area contributed by atoms with Gasteiger partial charge in [0.2, 0.25) is 0 Å². The van der Waals surface area contributed by atoms with Gasteiger partial charge in [0.1, 0.15) is 28.3 Å². The summed E-state index contributed by atoms with van der Waals surface area (Å²) in [6.45, 7) is 4.78. The van der Waals surface area contributed by atoms with E-state index in [1.54, 1.807) is 7.11 Å². The molecule has 0 aliphatic rings. The molecule has 20 heavy (non-hydrogen) atoms. The average molecular weight is 288 g/mol. The fourth-order valence-electron chi connectivity index (χ4n) is 1.89. The van der Waals surface area contributed by atoms with Crippen LogP contribution in [-0.2, 0) is 18.0 Å². The van der Waals surface area contributed by atoms with Crippen molar-refractivity contribution in [1.82, 2.24) is 4.98 Å². The van der Waals surface area contributed by atoms with Crippen LogP contribution in [0.2, 0.25) is 0 Å². The van der Waals surface area contributed by atoms with E-state index in [0.717, 1.165) is 16.3 Å². The van der Waals surface area contributed by atoms with Crippen LogP contribution in [0.15, 0.2) is 18.2 Å². The quantitative estimate of drug-likeness (QED) is 0.846. The van der Waals surface area contributed by atoms with E-state index in [1.807, 2.05) is 26.0 Å². The van der Waals surface area contributed by atoms with E-state index in [4.69, 9.17) is 14.7 Å². The standard InChI is InChI=1S/C15H16N2O2S/c1-10-4-5-13(11(2)6-10)19-9-15-17-12(8-18-3)14(7-16)20-15/h4-6H,8-9H2,1-3H3. The fraction of sp³-hybridized carbons (Fsp3) is 0.333. The SMILES string of the molecule is COCc1nc(COc2ccc(C)cc2C)sc1C#N. The van der Waals surface area contributed by atoms with Crippen LogP contribution in [0.3, 0.4) is 0 Å². The number of benzene rings is 1. The molecule has 0 radical (unpaired) electrons. The molecule has 0 bridgehead atoms. The molecule has 0 fully saturated rings. The highest BCUT2D eigenvalue weighted by atomic mass is 32.1. The molecule has 104 valence electrons. The van der Waals surface area contributed by atoms with Gasteiger partial charge in [-0.25, -0.2) is 4.98 Å². The minimum Gasteiger partial charge on any atom is -0.486 e. The molecule has 0 atom stereocenters. The van der Waals surface area contributed by atoms with E-state index < -0.39 is 0 Å². The lowest BCUT2D eigenvalue weighted by Gasteiger charge is -2.07. The maximum Gasteiger partial charge on any atom is 0.140 e. The Hall–Kier alpha value is -1.90. The lowest BCUT2D eigenvalue weighted by molar-refractivity contribution is 0.181. The third-order valence-corrected chi connectivity index (χ3v) is 3.78. The molecule has 5 heteroatoms. The van der Waals surface area contributed by atoms with Crippen molar-refractivity contribution < 1.29 is 9.47 Å². The molecule has 0 saturated carbocycles. The van der Waals surface area contributed by atoms with Gasteiger partial charge in [-0.1, -0.05) is 17.7 Å². The molecule has 1 heterocycles. The minimum absolute atomic E-state index is 0.350. The van der Waals surface area contributed by atoms with Crippen molar-refractivity contribution in [3.63, 3.8) is 0 Å². The van der Waals surface area contributed by atoms with Crippen LogP contribution in [-0.4, -0.2) is 12.1 Å². The first-order valence-corrected chi connectivity index (χ1v) is 7.03. The van der Waals surface area contributed by atoms with Crippen LogP contribution < -0.4 is 4.74 Å². The van der Waals surface area contributed by atoms with E-state index in [0.29, 0.717) is 23.8 Å². The van der Waals surface area contributed by atoms with Crippen molar-refractivity contribution >= 4 is 11.3 Å². The molecule has 1 aromatic heterocycles. The highest BCUT2D eigenvalue weighted by Crippen LogP contribution is 2.23. The number of nitrogens with zero attached hydrogens (tertiary/aromatic N) is 2. The summed E-state index contributed by atoms with van der Waals surface area (Å²) in [5, 5.41) is 9.83. The zero-order chi connectivity index (χ0) is 14.5. The summed E-state index contributed by atoms with van der Waals surface area (Å²) in [6, 6.07) is 8.19. The number of hydrogen-bond acceptors (Lipinski definition) is 5. The number of aromatic nitrogens is 1. The summed E-state index contributed by atoms with van der Waals surface area (Å²) in [6.07, 6.45) is 0. The van der Waals surface area contributed by atoms with Gasteiger partial charge in [0, 0.05) is 7.11 Å². The Kier molecular flexibility index (Phi) is 4.72. The van der Waals surface area contributed by atoms with Gasteiger partial charge in [-0.2, -0.15) is 5.26 Å². The number of thiazole rings is 1. The summed E-state index contributed by atoms with van der Waals surface area (Å²) in [5.74, 6) is 0.845. The summed E-state index contributed by atoms with van der Waals surface area (Å²) in [4.78, 5) is 4.97. The van der Waals surface area contributed by atoms with Crippen molar-refractivity contribution in [2.24, 2.45) is 0 Å². The van der Waals surface area contributed by atoms with Crippen LogP contribution in [0.25, 0.3) is 0 Å². The van der Waals surface area contributed by atoms with Gasteiger partial charge in [0.15, 0.2) is 0 Å². The Balaban J connectivity index is 2.09. The van der Waals surface area contributed by atoms with Crippen molar-refractivity contribution in [3.8, 4) is 11.8 Å². The monoisotopic (exact) mass is 288 g/mol. The molecule has 0 amide bonds. The summed E-state index contributed by atoms with van der Waals surface area (Å²) in [7, 11) is 1.59. The second-order valence-corrected chi connectivity index (χ2v) is 5.57. The number of rotatable bonds is 5. The normalized spacial score (nSPS) is 10.3. The van der Waals surface area contributed by atoms with Crippen LogP contribution in [0, 0.1) is 25.2 Å². The average Bonchev–Trinajstić information content (AvgIpc) is 2.80. The van der Waals surface area contributed by atoms with E-state index in [2.05, 4.69) is 17.1 Å². The molecular weight excluding hydrogens is 272 g/mol. The van der Waals surface area contributed by atoms with Crippen LogP contribution in [0.1, 0.15) is 26.7 Å². The summed E-state index contributed by atoms with van der Waals surface area (Å²) >= 11 is 1.35. The third-order valence-electron chi connectivity index (χ3n) is 2.81. The minimum atomic E-state index is 0.350. The molecule has 2 aromatic rings. The predicted molar refractivity (Wildman–Crippen MR) is 77.8 cm³/mol. The summed E-state index contributed by atoms with van der Waals surface area (Å²) < 4.78 is 10.8. The number of aryl methyl sites for hydroxylation is 2. The highest BCUT2D eigenvalue weighted by Gasteiger charge is 2.11. The van der Waals surface area contributed by atoms with Crippen molar-refractivity contribution in [2.75, 3.05) is 7.11 Å². The first-order valence-electron chi connectivity index (χ1n) is 6.21. The fourth-order valence-corrected chi connectivity index (χ4v) is 2.66. The molecule has 0 N–H and O–H groups in total. The van der Waals surface area contributed by atoms with E-state index in [9.17, 15) is 0 Å². The van der Waals surface area contributed by atoms with E-state index in [-0.39, 0.29) is 0 Å². The summed E-state index contributed by atoms with van der Waals surface area (Å²) in [5.41, 5.74) is 2.98. The maximum absolute atomic E-state index is 9.04. The van der Waals surface area contributed by atoms with Crippen LogP contribution in [0.5, 0.6) is 5.75 Å². The molecule has 0 spiro atoms. The smallest absolute Gasteiger partial charge is 0.140 e. The second-order valence-electron chi connectivity index (χ2n) is 4.49. The first kappa shape index (κ1) is 14.5. The van der Waals surface area contributed by atoms with Gasteiger partial charge in [-0.3, -0.25) is 0 Å². The molecule has 0 aliphatic heterocycles. The molecule has 4 nitrogen and oxygen atoms in total. The highest BCUT2D eigenvalue weighted by molar-refractivity contribution is 7.12. The third kappa shape index (κ3) is 3.35. The number of ether oxygens (including phenoxy) is 2. The maximum atomic E-state index is 9.04. The van der Waals surface area contributed by atoms with Crippen molar-refractivity contribution in [2.45, 2.75) is 27.1 Å². The topological polar surface area (TPSA) is 55.1 Å². The molecule has 0 saturated heterocycles. The van der Waals surface area contributed by atoms with Crippen LogP contribution >= 0.6 is 11.3 Å². The van der Waals surface area contributed by atoms with E-state index in [1.165, 1.54) is 16.9 Å². The van der Waals surface area contributed by atoms with Crippen LogP contribution in [0.4, 0.5) is 0 Å². The lowest BCUT2D eigenvalue weighted by Crippen LogP contribution is -1.97. The Bertz CT molecular complexity index is 644. The predicted octanol–water partition coefficient (Wildman–Crippen LogP) is 3.36.